The first kappa shape index (κ1) is 41.9. The number of carbonyl (C=O) groups excluding carboxylic acids is 3. The van der Waals surface area contributed by atoms with Crippen LogP contribution in [-0.4, -0.2) is 98.5 Å². The minimum absolute atomic E-state index is 0.0196. The van der Waals surface area contributed by atoms with Crippen LogP contribution >= 0.6 is 0 Å². The van der Waals surface area contributed by atoms with Crippen LogP contribution in [0.3, 0.4) is 0 Å². The molecule has 63 heavy (non-hydrogen) atoms. The number of carbonyl (C=O) groups is 3. The van der Waals surface area contributed by atoms with E-state index in [2.05, 4.69) is 99.0 Å². The zero-order valence-corrected chi connectivity index (χ0v) is 36.6. The van der Waals surface area contributed by atoms with Crippen molar-refractivity contribution in [1.29, 1.82) is 0 Å². The van der Waals surface area contributed by atoms with Crippen molar-refractivity contribution in [2.24, 2.45) is 5.92 Å². The van der Waals surface area contributed by atoms with Crippen molar-refractivity contribution >= 4 is 40.1 Å². The number of aromatic amines is 1. The molecule has 0 radical (unpaired) electrons. The summed E-state index contributed by atoms with van der Waals surface area (Å²) >= 11 is 0. The van der Waals surface area contributed by atoms with Crippen LogP contribution in [0.15, 0.2) is 77.7 Å². The van der Waals surface area contributed by atoms with Crippen molar-refractivity contribution < 1.29 is 18.9 Å². The number of piperidine rings is 2. The standard InChI is InChI=1S/C48H55N11O4/c1-29-24-33(8-12-36(29)30(2)52-46(62)44-55-47(63-56-44)48(3,4)5)42-38-25-40(53-43(38)51-28-50-42)39-14-11-35(26-49-39)59-22-20-57(21-23-59)27-31-16-18-58(19-17-31)34-9-6-32(7-10-34)37-13-15-41(60)54-45(37)61/h6-12,14,24-26,28,30-31,37H,13,15-23,27H2,1-5H3,(H,52,62)(H,50,51,53)(H,54,60,61). The molecule has 6 aromatic rings. The maximum Gasteiger partial charge on any atom is 0.293 e. The molecular weight excluding hydrogens is 795 g/mol. The lowest BCUT2D eigenvalue weighted by molar-refractivity contribution is -0.134. The van der Waals surface area contributed by atoms with Gasteiger partial charge in [-0.2, -0.15) is 4.98 Å². The molecule has 3 N–H and O–H groups in total. The van der Waals surface area contributed by atoms with Crippen LogP contribution in [-0.2, 0) is 15.0 Å². The number of amides is 3. The number of nitrogens with one attached hydrogen (secondary N) is 3. The predicted molar refractivity (Wildman–Crippen MR) is 241 cm³/mol. The van der Waals surface area contributed by atoms with Crippen LogP contribution in [0.1, 0.15) is 98.5 Å². The summed E-state index contributed by atoms with van der Waals surface area (Å²) in [6.07, 6.45) is 6.85. The van der Waals surface area contributed by atoms with Crippen LogP contribution in [0.5, 0.6) is 0 Å². The number of H-pyrrole nitrogens is 1. The smallest absolute Gasteiger partial charge is 0.293 e. The molecule has 326 valence electrons. The Balaban J connectivity index is 0.768. The van der Waals surface area contributed by atoms with Gasteiger partial charge in [0.1, 0.15) is 12.0 Å². The van der Waals surface area contributed by atoms with E-state index in [0.29, 0.717) is 24.7 Å². The summed E-state index contributed by atoms with van der Waals surface area (Å²) in [7, 11) is 0. The Bertz CT molecular complexity index is 2620. The van der Waals surface area contributed by atoms with Gasteiger partial charge >= 0.3 is 0 Å². The molecule has 3 aliphatic rings. The second-order valence-corrected chi connectivity index (χ2v) is 18.3. The summed E-state index contributed by atoms with van der Waals surface area (Å²) in [4.78, 5) is 66.2. The summed E-state index contributed by atoms with van der Waals surface area (Å²) in [5, 5.41) is 10.3. The van der Waals surface area contributed by atoms with Gasteiger partial charge in [-0.3, -0.25) is 29.6 Å². The lowest BCUT2D eigenvalue weighted by atomic mass is 9.90. The van der Waals surface area contributed by atoms with E-state index in [1.165, 1.54) is 5.69 Å². The average Bonchev–Trinajstić information content (AvgIpc) is 3.97. The van der Waals surface area contributed by atoms with Crippen LogP contribution in [0.2, 0.25) is 0 Å². The van der Waals surface area contributed by atoms with Crippen LogP contribution in [0.25, 0.3) is 33.7 Å². The fourth-order valence-corrected chi connectivity index (χ4v) is 9.17. The molecule has 2 atom stereocenters. The highest BCUT2D eigenvalue weighted by molar-refractivity contribution is 6.01. The average molecular weight is 850 g/mol. The van der Waals surface area contributed by atoms with Gasteiger partial charge in [0.2, 0.25) is 17.7 Å². The van der Waals surface area contributed by atoms with Gasteiger partial charge in [-0.05, 0) is 92.1 Å². The largest absolute Gasteiger partial charge is 0.372 e. The second-order valence-electron chi connectivity index (χ2n) is 18.3. The van der Waals surface area contributed by atoms with Crippen molar-refractivity contribution in [2.75, 3.05) is 55.6 Å². The van der Waals surface area contributed by atoms with Gasteiger partial charge in [-0.25, -0.2) is 9.97 Å². The van der Waals surface area contributed by atoms with E-state index in [-0.39, 0.29) is 40.9 Å². The Hall–Kier alpha value is -6.48. The highest BCUT2D eigenvalue weighted by Crippen LogP contribution is 2.33. The van der Waals surface area contributed by atoms with Gasteiger partial charge in [-0.1, -0.05) is 50.2 Å². The first-order valence-electron chi connectivity index (χ1n) is 22.1. The molecule has 9 rings (SSSR count). The van der Waals surface area contributed by atoms with Crippen molar-refractivity contribution in [1.82, 2.24) is 45.6 Å². The molecule has 0 spiro atoms. The van der Waals surface area contributed by atoms with E-state index in [1.54, 1.807) is 6.33 Å². The highest BCUT2D eigenvalue weighted by atomic mass is 16.5. The van der Waals surface area contributed by atoms with Gasteiger partial charge < -0.3 is 24.6 Å². The normalized spacial score (nSPS) is 18.5. The third-order valence-electron chi connectivity index (χ3n) is 12.8. The van der Waals surface area contributed by atoms with Crippen molar-refractivity contribution in [3.63, 3.8) is 0 Å². The van der Waals surface area contributed by atoms with Crippen LogP contribution < -0.4 is 20.4 Å². The Morgan fingerprint density at radius 1 is 0.889 bits per heavy atom. The van der Waals surface area contributed by atoms with E-state index in [0.717, 1.165) is 115 Å². The second kappa shape index (κ2) is 17.4. The van der Waals surface area contributed by atoms with Gasteiger partial charge in [0.15, 0.2) is 0 Å². The third-order valence-corrected chi connectivity index (χ3v) is 12.8. The Labute approximate surface area is 367 Å². The third kappa shape index (κ3) is 9.06. The fraction of sp³-hybridized carbons (Fsp3) is 0.417. The van der Waals surface area contributed by atoms with E-state index >= 15 is 0 Å². The number of anilines is 2. The predicted octanol–water partition coefficient (Wildman–Crippen LogP) is 6.73. The van der Waals surface area contributed by atoms with Crippen molar-refractivity contribution in [3.05, 3.63) is 102 Å². The molecule has 2 aromatic carbocycles. The zero-order valence-electron chi connectivity index (χ0n) is 36.6. The lowest BCUT2D eigenvalue weighted by Gasteiger charge is -2.40. The number of pyridine rings is 1. The first-order valence-corrected chi connectivity index (χ1v) is 22.1. The molecule has 3 aliphatic heterocycles. The minimum atomic E-state index is -0.387. The lowest BCUT2D eigenvalue weighted by Crippen LogP contribution is -2.49. The molecule has 0 aliphatic carbocycles. The van der Waals surface area contributed by atoms with Crippen LogP contribution in [0.4, 0.5) is 11.4 Å². The Kier molecular flexibility index (Phi) is 11.5. The summed E-state index contributed by atoms with van der Waals surface area (Å²) in [5.41, 5.74) is 9.16. The monoisotopic (exact) mass is 849 g/mol. The fourth-order valence-electron chi connectivity index (χ4n) is 9.17. The number of rotatable bonds is 10. The molecule has 4 aromatic heterocycles. The number of piperazine rings is 1. The number of fused-ring (bicyclic) bond motifs is 1. The molecule has 0 bridgehead atoms. The molecular formula is C48H55N11O4. The number of imide groups is 1. The van der Waals surface area contributed by atoms with E-state index < -0.39 is 0 Å². The van der Waals surface area contributed by atoms with Gasteiger partial charge in [0, 0.05) is 74.3 Å². The van der Waals surface area contributed by atoms with Gasteiger partial charge in [-0.15, -0.1) is 0 Å². The SMILES string of the molecule is Cc1cc(-c2ncnc3[nH]c(-c4ccc(N5CCN(CC6CCN(c7ccc(C8CCC(=O)NC8=O)cc7)CC6)CC5)cn4)cc23)ccc1C(C)NC(=O)c1noc(C(C)(C)C)n1. The van der Waals surface area contributed by atoms with Crippen molar-refractivity contribution in [3.8, 4) is 22.6 Å². The van der Waals surface area contributed by atoms with Gasteiger partial charge in [0.05, 0.1) is 40.9 Å². The summed E-state index contributed by atoms with van der Waals surface area (Å²) in [6, 6.07) is 20.5. The quantitative estimate of drug-likeness (QED) is 0.124. The number of aryl methyl sites for hydroxylation is 1. The molecule has 7 heterocycles. The molecule has 3 saturated heterocycles. The van der Waals surface area contributed by atoms with Crippen LogP contribution in [0, 0.1) is 12.8 Å². The molecule has 2 unspecified atom stereocenters. The minimum Gasteiger partial charge on any atom is -0.372 e. The summed E-state index contributed by atoms with van der Waals surface area (Å²) in [5.74, 6) is 0.117. The number of hydrogen-bond acceptors (Lipinski definition) is 12. The van der Waals surface area contributed by atoms with Crippen molar-refractivity contribution in [2.45, 2.75) is 77.7 Å². The maximum atomic E-state index is 13.0. The summed E-state index contributed by atoms with van der Waals surface area (Å²) in [6.45, 7) is 17.0. The Morgan fingerprint density at radius 3 is 2.32 bits per heavy atom. The number of nitrogens with zero attached hydrogens (tertiary/aromatic N) is 8. The van der Waals surface area contributed by atoms with Gasteiger partial charge in [0.25, 0.3) is 11.7 Å². The van der Waals surface area contributed by atoms with E-state index in [9.17, 15) is 14.4 Å². The molecule has 3 amide bonds. The summed E-state index contributed by atoms with van der Waals surface area (Å²) < 4.78 is 5.31. The first-order chi connectivity index (χ1) is 30.4. The number of benzene rings is 2. The Morgan fingerprint density at radius 2 is 1.63 bits per heavy atom. The topological polar surface area (TPSA) is 178 Å². The zero-order chi connectivity index (χ0) is 43.8. The molecule has 3 fully saturated rings. The number of aromatic nitrogens is 6. The molecule has 0 saturated carbocycles. The number of hydrogen-bond donors (Lipinski definition) is 3. The van der Waals surface area contributed by atoms with E-state index in [1.807, 2.05) is 52.9 Å². The molecule has 15 nitrogen and oxygen atoms in total. The maximum absolute atomic E-state index is 13.0. The highest BCUT2D eigenvalue weighted by Gasteiger charge is 2.29. The van der Waals surface area contributed by atoms with E-state index in [4.69, 9.17) is 9.51 Å². The molecule has 15 heteroatoms.